The van der Waals surface area contributed by atoms with E-state index in [2.05, 4.69) is 15.6 Å². The maximum absolute atomic E-state index is 12.2. The Morgan fingerprint density at radius 1 is 0.808 bits per heavy atom. The summed E-state index contributed by atoms with van der Waals surface area (Å²) in [4.78, 5) is 28.2. The summed E-state index contributed by atoms with van der Waals surface area (Å²) in [5.74, 6) is -0.255. The Labute approximate surface area is 152 Å². The molecule has 1 heterocycles. The van der Waals surface area contributed by atoms with Crippen molar-refractivity contribution in [3.05, 3.63) is 95.8 Å². The Morgan fingerprint density at radius 3 is 2.19 bits per heavy atom. The van der Waals surface area contributed by atoms with Crippen molar-refractivity contribution >= 4 is 17.5 Å². The highest BCUT2D eigenvalue weighted by Gasteiger charge is 2.07. The second-order valence-corrected chi connectivity index (χ2v) is 5.83. The van der Waals surface area contributed by atoms with Crippen molar-refractivity contribution in [1.29, 1.82) is 0 Å². The molecule has 0 unspecified atom stereocenters. The largest absolute Gasteiger partial charge is 0.348 e. The number of aromatic nitrogens is 1. The van der Waals surface area contributed by atoms with Crippen LogP contribution in [0.5, 0.6) is 0 Å². The van der Waals surface area contributed by atoms with Gasteiger partial charge in [0.1, 0.15) is 0 Å². The molecule has 2 aromatic carbocycles. The van der Waals surface area contributed by atoms with Crippen LogP contribution in [0.4, 0.5) is 5.69 Å². The van der Waals surface area contributed by atoms with Gasteiger partial charge in [0.2, 0.25) is 5.91 Å². The van der Waals surface area contributed by atoms with Gasteiger partial charge < -0.3 is 10.6 Å². The van der Waals surface area contributed by atoms with E-state index in [1.807, 2.05) is 42.5 Å². The SMILES string of the molecule is O=C(Cc1ccccc1)Nc1ccc(C(=O)NCc2ccncc2)cc1. The van der Waals surface area contributed by atoms with E-state index in [1.165, 1.54) is 0 Å². The minimum absolute atomic E-state index is 0.0916. The molecule has 0 aliphatic heterocycles. The Bertz CT molecular complexity index is 863. The van der Waals surface area contributed by atoms with Crippen LogP contribution in [0.25, 0.3) is 0 Å². The molecule has 26 heavy (non-hydrogen) atoms. The standard InChI is InChI=1S/C21H19N3O2/c25-20(14-16-4-2-1-3-5-16)24-19-8-6-18(7-9-19)21(26)23-15-17-10-12-22-13-11-17/h1-13H,14-15H2,(H,23,26)(H,24,25). The number of hydrogen-bond acceptors (Lipinski definition) is 3. The number of nitrogens with zero attached hydrogens (tertiary/aromatic N) is 1. The number of hydrogen-bond donors (Lipinski definition) is 2. The predicted molar refractivity (Wildman–Crippen MR) is 101 cm³/mol. The lowest BCUT2D eigenvalue weighted by Crippen LogP contribution is -2.22. The third-order valence-electron chi connectivity index (χ3n) is 3.84. The Hall–Kier alpha value is -3.47. The Balaban J connectivity index is 1.52. The molecule has 0 bridgehead atoms. The first-order valence-electron chi connectivity index (χ1n) is 8.31. The van der Waals surface area contributed by atoms with Gasteiger partial charge in [-0.05, 0) is 47.5 Å². The van der Waals surface area contributed by atoms with Crippen molar-refractivity contribution in [3.63, 3.8) is 0 Å². The van der Waals surface area contributed by atoms with E-state index in [0.29, 0.717) is 24.2 Å². The van der Waals surface area contributed by atoms with E-state index in [0.717, 1.165) is 11.1 Å². The monoisotopic (exact) mass is 345 g/mol. The molecule has 3 rings (SSSR count). The number of rotatable bonds is 6. The zero-order valence-electron chi connectivity index (χ0n) is 14.2. The topological polar surface area (TPSA) is 71.1 Å². The van der Waals surface area contributed by atoms with Gasteiger partial charge in [-0.15, -0.1) is 0 Å². The van der Waals surface area contributed by atoms with E-state index >= 15 is 0 Å². The summed E-state index contributed by atoms with van der Waals surface area (Å²) in [7, 11) is 0. The number of amides is 2. The minimum Gasteiger partial charge on any atom is -0.348 e. The predicted octanol–water partition coefficient (Wildman–Crippen LogP) is 3.19. The molecule has 3 aromatic rings. The molecule has 0 radical (unpaired) electrons. The second-order valence-electron chi connectivity index (χ2n) is 5.83. The average Bonchev–Trinajstić information content (AvgIpc) is 2.68. The molecular weight excluding hydrogens is 326 g/mol. The molecule has 0 fully saturated rings. The van der Waals surface area contributed by atoms with Gasteiger partial charge in [-0.25, -0.2) is 0 Å². The fraction of sp³-hybridized carbons (Fsp3) is 0.0952. The fourth-order valence-corrected chi connectivity index (χ4v) is 2.48. The van der Waals surface area contributed by atoms with Crippen molar-refractivity contribution in [1.82, 2.24) is 10.3 Å². The highest BCUT2D eigenvalue weighted by molar-refractivity contribution is 5.96. The molecule has 0 saturated heterocycles. The van der Waals surface area contributed by atoms with Crippen molar-refractivity contribution in [2.75, 3.05) is 5.32 Å². The molecule has 5 heteroatoms. The summed E-state index contributed by atoms with van der Waals surface area (Å²) in [6, 6.07) is 20.1. The molecule has 0 aliphatic carbocycles. The van der Waals surface area contributed by atoms with Crippen molar-refractivity contribution in [3.8, 4) is 0 Å². The molecule has 2 amide bonds. The Morgan fingerprint density at radius 2 is 1.50 bits per heavy atom. The van der Waals surface area contributed by atoms with Gasteiger partial charge in [-0.1, -0.05) is 30.3 Å². The highest BCUT2D eigenvalue weighted by Crippen LogP contribution is 2.11. The van der Waals surface area contributed by atoms with Crippen LogP contribution in [-0.4, -0.2) is 16.8 Å². The zero-order chi connectivity index (χ0) is 18.2. The van der Waals surface area contributed by atoms with Crippen LogP contribution in [0.3, 0.4) is 0 Å². The van der Waals surface area contributed by atoms with Crippen LogP contribution in [0.15, 0.2) is 79.1 Å². The van der Waals surface area contributed by atoms with Gasteiger partial charge in [-0.2, -0.15) is 0 Å². The first-order valence-corrected chi connectivity index (χ1v) is 8.31. The average molecular weight is 345 g/mol. The lowest BCUT2D eigenvalue weighted by atomic mass is 10.1. The van der Waals surface area contributed by atoms with Crippen LogP contribution in [0, 0.1) is 0 Å². The number of carbonyl (C=O) groups is 2. The quantitative estimate of drug-likeness (QED) is 0.721. The highest BCUT2D eigenvalue weighted by atomic mass is 16.2. The fourth-order valence-electron chi connectivity index (χ4n) is 2.48. The molecule has 0 spiro atoms. The summed E-state index contributed by atoms with van der Waals surface area (Å²) in [5.41, 5.74) is 3.15. The van der Waals surface area contributed by atoms with E-state index in [4.69, 9.17) is 0 Å². The smallest absolute Gasteiger partial charge is 0.251 e. The summed E-state index contributed by atoms with van der Waals surface area (Å²) < 4.78 is 0. The maximum Gasteiger partial charge on any atom is 0.251 e. The maximum atomic E-state index is 12.2. The van der Waals surface area contributed by atoms with Gasteiger partial charge in [-0.3, -0.25) is 14.6 Å². The molecule has 0 atom stereocenters. The van der Waals surface area contributed by atoms with Gasteiger partial charge in [0.05, 0.1) is 6.42 Å². The lowest BCUT2D eigenvalue weighted by molar-refractivity contribution is -0.115. The second kappa shape index (κ2) is 8.58. The molecule has 0 aliphatic rings. The van der Waals surface area contributed by atoms with Crippen LogP contribution < -0.4 is 10.6 Å². The van der Waals surface area contributed by atoms with Crippen LogP contribution in [0.1, 0.15) is 21.5 Å². The summed E-state index contributed by atoms with van der Waals surface area (Å²) in [6.07, 6.45) is 3.69. The van der Waals surface area contributed by atoms with Crippen molar-refractivity contribution in [2.24, 2.45) is 0 Å². The number of nitrogens with one attached hydrogen (secondary N) is 2. The third-order valence-corrected chi connectivity index (χ3v) is 3.84. The summed E-state index contributed by atoms with van der Waals surface area (Å²) in [6.45, 7) is 0.441. The normalized spacial score (nSPS) is 10.2. The Kier molecular flexibility index (Phi) is 5.72. The van der Waals surface area contributed by atoms with E-state index in [9.17, 15) is 9.59 Å². The number of carbonyl (C=O) groups excluding carboxylic acids is 2. The molecule has 1 aromatic heterocycles. The van der Waals surface area contributed by atoms with Crippen LogP contribution in [-0.2, 0) is 17.8 Å². The molecule has 130 valence electrons. The van der Waals surface area contributed by atoms with E-state index in [1.54, 1.807) is 36.7 Å². The molecular formula is C21H19N3O2. The lowest BCUT2D eigenvalue weighted by Gasteiger charge is -2.08. The molecule has 0 saturated carbocycles. The van der Waals surface area contributed by atoms with Gasteiger partial charge in [0.15, 0.2) is 0 Å². The third kappa shape index (κ3) is 5.01. The van der Waals surface area contributed by atoms with Gasteiger partial charge in [0.25, 0.3) is 5.91 Å². The van der Waals surface area contributed by atoms with Crippen LogP contribution in [0.2, 0.25) is 0 Å². The van der Waals surface area contributed by atoms with Crippen LogP contribution >= 0.6 is 0 Å². The first-order chi connectivity index (χ1) is 12.7. The van der Waals surface area contributed by atoms with E-state index < -0.39 is 0 Å². The number of pyridine rings is 1. The molecule has 2 N–H and O–H groups in total. The molecule has 5 nitrogen and oxygen atoms in total. The minimum atomic E-state index is -0.163. The van der Waals surface area contributed by atoms with Gasteiger partial charge >= 0.3 is 0 Å². The summed E-state index contributed by atoms with van der Waals surface area (Å²) >= 11 is 0. The van der Waals surface area contributed by atoms with Crippen molar-refractivity contribution < 1.29 is 9.59 Å². The van der Waals surface area contributed by atoms with Crippen molar-refractivity contribution in [2.45, 2.75) is 13.0 Å². The zero-order valence-corrected chi connectivity index (χ0v) is 14.2. The van der Waals surface area contributed by atoms with E-state index in [-0.39, 0.29) is 11.8 Å². The first kappa shape index (κ1) is 17.4. The summed E-state index contributed by atoms with van der Waals surface area (Å²) in [5, 5.41) is 5.69. The van der Waals surface area contributed by atoms with Gasteiger partial charge in [0, 0.05) is 30.2 Å². The number of benzene rings is 2. The number of anilines is 1.